The van der Waals surface area contributed by atoms with E-state index in [1.807, 2.05) is 13.0 Å². The monoisotopic (exact) mass is 282 g/mol. The highest BCUT2D eigenvalue weighted by molar-refractivity contribution is 5.35. The first-order valence-electron chi connectivity index (χ1n) is 7.83. The molecule has 1 aliphatic rings. The molecule has 21 heavy (non-hydrogen) atoms. The molecule has 0 aliphatic heterocycles. The van der Waals surface area contributed by atoms with Gasteiger partial charge in [-0.05, 0) is 31.7 Å². The van der Waals surface area contributed by atoms with Crippen LogP contribution in [0.5, 0.6) is 0 Å². The van der Waals surface area contributed by atoms with Crippen LogP contribution in [0.25, 0.3) is 0 Å². The number of hydrogen-bond acceptors (Lipinski definition) is 2. The molecule has 1 saturated carbocycles. The molecule has 1 aromatic carbocycles. The van der Waals surface area contributed by atoms with Crippen molar-refractivity contribution in [2.45, 2.75) is 51.4 Å². The zero-order chi connectivity index (χ0) is 14.9. The molecule has 3 rings (SSSR count). The van der Waals surface area contributed by atoms with Crippen LogP contribution in [0.4, 0.5) is 0 Å². The Morgan fingerprint density at radius 2 is 1.86 bits per heavy atom. The summed E-state index contributed by atoms with van der Waals surface area (Å²) in [5.41, 5.74) is 2.85. The lowest BCUT2D eigenvalue weighted by atomic mass is 9.78. The van der Waals surface area contributed by atoms with Crippen LogP contribution >= 0.6 is 0 Å². The minimum Gasteiger partial charge on any atom is -0.310 e. The average Bonchev–Trinajstić information content (AvgIpc) is 3.01. The van der Waals surface area contributed by atoms with Crippen molar-refractivity contribution in [1.82, 2.24) is 9.97 Å². The molecule has 0 unspecified atom stereocenters. The molecule has 0 radical (unpaired) electrons. The second-order valence-electron chi connectivity index (χ2n) is 6.00. The third kappa shape index (κ3) is 2.31. The topological polar surface area (TPSA) is 45.8 Å². The maximum absolute atomic E-state index is 12.3. The van der Waals surface area contributed by atoms with Crippen LogP contribution in [0.3, 0.4) is 0 Å². The van der Waals surface area contributed by atoms with Gasteiger partial charge in [-0.2, -0.15) is 0 Å². The van der Waals surface area contributed by atoms with E-state index in [-0.39, 0.29) is 11.0 Å². The molecule has 0 saturated heterocycles. The van der Waals surface area contributed by atoms with Gasteiger partial charge in [0.05, 0.1) is 11.1 Å². The second kappa shape index (κ2) is 5.47. The summed E-state index contributed by atoms with van der Waals surface area (Å²) in [7, 11) is 0. The molecular formula is C18H22N2O. The zero-order valence-corrected chi connectivity index (χ0v) is 12.8. The van der Waals surface area contributed by atoms with Gasteiger partial charge < -0.3 is 4.98 Å². The number of aryl methyl sites for hydroxylation is 1. The molecule has 1 heterocycles. The maximum Gasteiger partial charge on any atom is 0.254 e. The Balaban J connectivity index is 2.19. The van der Waals surface area contributed by atoms with E-state index in [0.29, 0.717) is 0 Å². The quantitative estimate of drug-likeness (QED) is 0.936. The van der Waals surface area contributed by atoms with Crippen molar-refractivity contribution >= 4 is 0 Å². The van der Waals surface area contributed by atoms with Crippen molar-refractivity contribution in [2.24, 2.45) is 0 Å². The van der Waals surface area contributed by atoms with E-state index in [1.165, 1.54) is 18.4 Å². The molecule has 0 amide bonds. The maximum atomic E-state index is 12.3. The standard InChI is InChI=1S/C18H22N2O/c1-3-15-13(2)16(21)20-17(19-15)18(11-7-8-12-18)14-9-5-4-6-10-14/h4-6,9-10H,3,7-8,11-12H2,1-2H3,(H,19,20,21). The lowest BCUT2D eigenvalue weighted by molar-refractivity contribution is 0.494. The lowest BCUT2D eigenvalue weighted by Gasteiger charge is -2.29. The van der Waals surface area contributed by atoms with E-state index in [9.17, 15) is 4.79 Å². The Labute approximate surface area is 125 Å². The molecule has 1 aliphatic carbocycles. The number of benzene rings is 1. The molecule has 0 spiro atoms. The summed E-state index contributed by atoms with van der Waals surface area (Å²) in [4.78, 5) is 20.1. The van der Waals surface area contributed by atoms with E-state index in [0.717, 1.165) is 36.3 Å². The number of hydrogen-bond donors (Lipinski definition) is 1. The van der Waals surface area contributed by atoms with Crippen molar-refractivity contribution in [1.29, 1.82) is 0 Å². The number of aromatic nitrogens is 2. The Kier molecular flexibility index (Phi) is 3.66. The minimum absolute atomic E-state index is 0.0130. The van der Waals surface area contributed by atoms with Gasteiger partial charge in [-0.1, -0.05) is 50.1 Å². The molecule has 2 aromatic rings. The Bertz CT molecular complexity index is 682. The van der Waals surface area contributed by atoms with Gasteiger partial charge in [0.2, 0.25) is 0 Å². The normalized spacial score (nSPS) is 17.0. The van der Waals surface area contributed by atoms with Crippen LogP contribution in [0.2, 0.25) is 0 Å². The molecular weight excluding hydrogens is 260 g/mol. The highest BCUT2D eigenvalue weighted by atomic mass is 16.1. The largest absolute Gasteiger partial charge is 0.310 e. The van der Waals surface area contributed by atoms with E-state index in [4.69, 9.17) is 4.98 Å². The SMILES string of the molecule is CCc1nc(C2(c3ccccc3)CCCC2)[nH]c(=O)c1C. The first-order valence-corrected chi connectivity index (χ1v) is 7.83. The third-order valence-electron chi connectivity index (χ3n) is 4.82. The Morgan fingerprint density at radius 1 is 1.19 bits per heavy atom. The molecule has 0 atom stereocenters. The number of nitrogens with zero attached hydrogens (tertiary/aromatic N) is 1. The Morgan fingerprint density at radius 3 is 2.48 bits per heavy atom. The first kappa shape index (κ1) is 14.1. The summed E-state index contributed by atoms with van der Waals surface area (Å²) in [5.74, 6) is 0.860. The molecule has 1 fully saturated rings. The smallest absolute Gasteiger partial charge is 0.254 e. The molecule has 1 N–H and O–H groups in total. The van der Waals surface area contributed by atoms with Crippen molar-refractivity contribution in [3.05, 3.63) is 63.3 Å². The fourth-order valence-electron chi connectivity index (χ4n) is 3.55. The van der Waals surface area contributed by atoms with Crippen LogP contribution in [0, 0.1) is 6.92 Å². The fourth-order valence-corrected chi connectivity index (χ4v) is 3.55. The fraction of sp³-hybridized carbons (Fsp3) is 0.444. The average molecular weight is 282 g/mol. The van der Waals surface area contributed by atoms with Crippen LogP contribution in [0.1, 0.15) is 55.3 Å². The molecule has 3 nitrogen and oxygen atoms in total. The zero-order valence-electron chi connectivity index (χ0n) is 12.8. The minimum atomic E-state index is -0.113. The van der Waals surface area contributed by atoms with E-state index < -0.39 is 0 Å². The molecule has 3 heteroatoms. The molecule has 110 valence electrons. The Hall–Kier alpha value is -1.90. The van der Waals surface area contributed by atoms with Crippen molar-refractivity contribution in [3.8, 4) is 0 Å². The summed E-state index contributed by atoms with van der Waals surface area (Å²) in [5, 5.41) is 0. The van der Waals surface area contributed by atoms with Gasteiger partial charge >= 0.3 is 0 Å². The second-order valence-corrected chi connectivity index (χ2v) is 6.00. The van der Waals surface area contributed by atoms with Gasteiger partial charge in [0, 0.05) is 5.56 Å². The van der Waals surface area contributed by atoms with Crippen LogP contribution in [0.15, 0.2) is 35.1 Å². The van der Waals surface area contributed by atoms with E-state index in [2.05, 4.69) is 36.2 Å². The summed E-state index contributed by atoms with van der Waals surface area (Å²) in [6.07, 6.45) is 5.30. The predicted octanol–water partition coefficient (Wildman–Crippen LogP) is 3.50. The number of nitrogens with one attached hydrogen (secondary N) is 1. The van der Waals surface area contributed by atoms with E-state index >= 15 is 0 Å². The number of H-pyrrole nitrogens is 1. The number of rotatable bonds is 3. The van der Waals surface area contributed by atoms with Gasteiger partial charge in [-0.15, -0.1) is 0 Å². The summed E-state index contributed by atoms with van der Waals surface area (Å²) in [6, 6.07) is 10.5. The molecule has 1 aromatic heterocycles. The number of aromatic amines is 1. The van der Waals surface area contributed by atoms with Crippen molar-refractivity contribution < 1.29 is 0 Å². The lowest BCUT2D eigenvalue weighted by Crippen LogP contribution is -2.31. The first-order chi connectivity index (χ1) is 10.2. The van der Waals surface area contributed by atoms with Crippen LogP contribution in [-0.4, -0.2) is 9.97 Å². The highest BCUT2D eigenvalue weighted by Crippen LogP contribution is 2.44. The van der Waals surface area contributed by atoms with Crippen LogP contribution < -0.4 is 5.56 Å². The van der Waals surface area contributed by atoms with Gasteiger partial charge in [0.25, 0.3) is 5.56 Å². The summed E-state index contributed by atoms with van der Waals surface area (Å²) in [6.45, 7) is 3.92. The van der Waals surface area contributed by atoms with Gasteiger partial charge in [-0.25, -0.2) is 4.98 Å². The van der Waals surface area contributed by atoms with Gasteiger partial charge in [0.1, 0.15) is 5.82 Å². The van der Waals surface area contributed by atoms with Crippen molar-refractivity contribution in [2.75, 3.05) is 0 Å². The predicted molar refractivity (Wildman–Crippen MR) is 84.7 cm³/mol. The third-order valence-corrected chi connectivity index (χ3v) is 4.82. The van der Waals surface area contributed by atoms with Crippen LogP contribution in [-0.2, 0) is 11.8 Å². The van der Waals surface area contributed by atoms with Crippen molar-refractivity contribution in [3.63, 3.8) is 0 Å². The summed E-state index contributed by atoms with van der Waals surface area (Å²) >= 11 is 0. The highest BCUT2D eigenvalue weighted by Gasteiger charge is 2.39. The molecule has 0 bridgehead atoms. The van der Waals surface area contributed by atoms with Gasteiger partial charge in [-0.3, -0.25) is 4.79 Å². The summed E-state index contributed by atoms with van der Waals surface area (Å²) < 4.78 is 0. The van der Waals surface area contributed by atoms with E-state index in [1.54, 1.807) is 0 Å². The van der Waals surface area contributed by atoms with Gasteiger partial charge in [0.15, 0.2) is 0 Å².